The van der Waals surface area contributed by atoms with Crippen molar-refractivity contribution in [3.63, 3.8) is 0 Å². The van der Waals surface area contributed by atoms with E-state index < -0.39 is 11.6 Å². The van der Waals surface area contributed by atoms with Crippen molar-refractivity contribution in [2.45, 2.75) is 70.0 Å². The van der Waals surface area contributed by atoms with Gasteiger partial charge in [-0.05, 0) is 80.0 Å². The smallest absolute Gasteiger partial charge is 0.249 e. The Balaban J connectivity index is 1.37. The van der Waals surface area contributed by atoms with Gasteiger partial charge >= 0.3 is 0 Å². The Kier molecular flexibility index (Phi) is 10.6. The maximum absolute atomic E-state index is 13.9. The van der Waals surface area contributed by atoms with Gasteiger partial charge in [-0.15, -0.1) is 0 Å². The molecule has 1 aliphatic carbocycles. The summed E-state index contributed by atoms with van der Waals surface area (Å²) in [5.41, 5.74) is 1.26. The molecule has 1 saturated carbocycles. The summed E-state index contributed by atoms with van der Waals surface area (Å²) in [6.07, 6.45) is 5.20. The lowest BCUT2D eigenvalue weighted by atomic mass is 9.90. The van der Waals surface area contributed by atoms with Crippen molar-refractivity contribution in [3.05, 3.63) is 59.7 Å². The van der Waals surface area contributed by atoms with Crippen LogP contribution in [0.2, 0.25) is 0 Å². The van der Waals surface area contributed by atoms with Crippen LogP contribution >= 0.6 is 0 Å². The number of likely N-dealkylation sites (tertiary alicyclic amines) is 1. The normalized spacial score (nSPS) is 19.1. The fourth-order valence-corrected chi connectivity index (χ4v) is 5.72. The summed E-state index contributed by atoms with van der Waals surface area (Å²) in [6.45, 7) is 3.86. The van der Waals surface area contributed by atoms with Crippen molar-refractivity contribution in [2.75, 3.05) is 33.9 Å². The van der Waals surface area contributed by atoms with Gasteiger partial charge in [0.25, 0.3) is 0 Å². The SMILES string of the molecule is COc1cccc(CCC(C(=O)NCCCNCc2cccc(OC)c2)N2CC[C@@](CC3CC3)(NC(C)=O)C2=O)c1. The van der Waals surface area contributed by atoms with E-state index in [4.69, 9.17) is 9.47 Å². The highest BCUT2D eigenvalue weighted by Gasteiger charge is 2.52. The molecule has 2 atom stereocenters. The largest absolute Gasteiger partial charge is 0.497 e. The van der Waals surface area contributed by atoms with Crippen molar-refractivity contribution in [1.82, 2.24) is 20.9 Å². The lowest BCUT2D eigenvalue weighted by molar-refractivity contribution is -0.142. The van der Waals surface area contributed by atoms with Crippen molar-refractivity contribution >= 4 is 17.7 Å². The van der Waals surface area contributed by atoms with Gasteiger partial charge in [0.1, 0.15) is 23.1 Å². The molecule has 2 aliphatic rings. The lowest BCUT2D eigenvalue weighted by Crippen LogP contribution is -2.57. The molecule has 222 valence electrons. The predicted octanol–water partition coefficient (Wildman–Crippen LogP) is 3.21. The average molecular weight is 565 g/mol. The number of carbonyl (C=O) groups excluding carboxylic acids is 3. The van der Waals surface area contributed by atoms with Crippen molar-refractivity contribution in [1.29, 1.82) is 0 Å². The van der Waals surface area contributed by atoms with Gasteiger partial charge in [0.05, 0.1) is 14.2 Å². The van der Waals surface area contributed by atoms with E-state index in [0.29, 0.717) is 51.2 Å². The Hall–Kier alpha value is -3.59. The van der Waals surface area contributed by atoms with E-state index in [0.717, 1.165) is 48.4 Å². The third kappa shape index (κ3) is 8.45. The Bertz CT molecular complexity index is 1200. The van der Waals surface area contributed by atoms with Crippen LogP contribution in [0.15, 0.2) is 48.5 Å². The molecule has 9 nitrogen and oxygen atoms in total. The Morgan fingerprint density at radius 1 is 1.02 bits per heavy atom. The molecule has 41 heavy (non-hydrogen) atoms. The number of aryl methyl sites for hydroxylation is 1. The maximum Gasteiger partial charge on any atom is 0.249 e. The molecule has 0 radical (unpaired) electrons. The van der Waals surface area contributed by atoms with Gasteiger partial charge in [0, 0.05) is 26.6 Å². The molecule has 1 heterocycles. The fraction of sp³-hybridized carbons (Fsp3) is 0.531. The first-order valence-corrected chi connectivity index (χ1v) is 14.7. The molecule has 1 unspecified atom stereocenters. The molecule has 2 fully saturated rings. The van der Waals surface area contributed by atoms with Crippen LogP contribution < -0.4 is 25.4 Å². The second-order valence-corrected chi connectivity index (χ2v) is 11.2. The summed E-state index contributed by atoms with van der Waals surface area (Å²) in [5, 5.41) is 9.46. The first-order valence-electron chi connectivity index (χ1n) is 14.7. The maximum atomic E-state index is 13.9. The molecule has 9 heteroatoms. The van der Waals surface area contributed by atoms with Crippen molar-refractivity contribution in [3.8, 4) is 11.5 Å². The van der Waals surface area contributed by atoms with Crippen molar-refractivity contribution < 1.29 is 23.9 Å². The van der Waals surface area contributed by atoms with Crippen LogP contribution in [0, 0.1) is 5.92 Å². The minimum Gasteiger partial charge on any atom is -0.497 e. The minimum absolute atomic E-state index is 0.134. The Morgan fingerprint density at radius 2 is 1.71 bits per heavy atom. The standard InChI is InChI=1S/C32H44N4O5/c1-23(37)35-32(21-25-11-12-25)15-18-36(31(32)39)29(14-13-24-7-4-9-27(19-24)40-2)30(38)34-17-6-16-33-22-26-8-5-10-28(20-26)41-3/h4-5,7-10,19-20,25,29,33H,6,11-18,21-22H2,1-3H3,(H,34,38)(H,35,37)/t29?,32-/m0/s1. The average Bonchev–Trinajstić information content (AvgIpc) is 3.74. The molecule has 1 aliphatic heterocycles. The predicted molar refractivity (Wildman–Crippen MR) is 158 cm³/mol. The number of amides is 3. The van der Waals surface area contributed by atoms with Gasteiger partial charge in [-0.25, -0.2) is 0 Å². The molecule has 3 N–H and O–H groups in total. The van der Waals surface area contributed by atoms with Crippen LogP contribution in [-0.2, 0) is 27.3 Å². The highest BCUT2D eigenvalue weighted by atomic mass is 16.5. The molecule has 0 aromatic heterocycles. The number of hydrogen-bond acceptors (Lipinski definition) is 6. The quantitative estimate of drug-likeness (QED) is 0.270. The first-order chi connectivity index (χ1) is 19.8. The van der Waals surface area contributed by atoms with E-state index in [-0.39, 0.29) is 17.7 Å². The number of carbonyl (C=O) groups is 3. The van der Waals surface area contributed by atoms with Crippen LogP contribution in [0.3, 0.4) is 0 Å². The van der Waals surface area contributed by atoms with E-state index in [1.165, 1.54) is 6.92 Å². The van der Waals surface area contributed by atoms with Crippen molar-refractivity contribution in [2.24, 2.45) is 5.92 Å². The summed E-state index contributed by atoms with van der Waals surface area (Å²) in [5.74, 6) is 1.55. The number of methoxy groups -OCH3 is 2. The van der Waals surface area contributed by atoms with Gasteiger partial charge < -0.3 is 30.3 Å². The molecular weight excluding hydrogens is 520 g/mol. The number of nitrogens with one attached hydrogen (secondary N) is 3. The van der Waals surface area contributed by atoms with E-state index in [9.17, 15) is 14.4 Å². The third-order valence-electron chi connectivity index (χ3n) is 8.01. The Labute approximate surface area is 243 Å². The third-order valence-corrected chi connectivity index (χ3v) is 8.01. The number of benzene rings is 2. The topological polar surface area (TPSA) is 109 Å². The summed E-state index contributed by atoms with van der Waals surface area (Å²) in [6, 6.07) is 15.1. The lowest BCUT2D eigenvalue weighted by Gasteiger charge is -2.32. The second-order valence-electron chi connectivity index (χ2n) is 11.2. The van der Waals surface area contributed by atoms with Crippen LogP contribution in [0.1, 0.15) is 56.6 Å². The zero-order valence-corrected chi connectivity index (χ0v) is 24.5. The highest BCUT2D eigenvalue weighted by molar-refractivity contribution is 5.96. The summed E-state index contributed by atoms with van der Waals surface area (Å²) in [4.78, 5) is 41.2. The van der Waals surface area contributed by atoms with Crippen LogP contribution in [0.5, 0.6) is 11.5 Å². The monoisotopic (exact) mass is 564 g/mol. The molecule has 1 saturated heterocycles. The fourth-order valence-electron chi connectivity index (χ4n) is 5.72. The van der Waals surface area contributed by atoms with Gasteiger partial charge in [0.2, 0.25) is 17.7 Å². The summed E-state index contributed by atoms with van der Waals surface area (Å²) in [7, 11) is 3.28. The molecule has 2 aromatic rings. The first kappa shape index (κ1) is 30.4. The molecular formula is C32H44N4O5. The van der Waals surface area contributed by atoms with Gasteiger partial charge in [-0.2, -0.15) is 0 Å². The summed E-state index contributed by atoms with van der Waals surface area (Å²) < 4.78 is 10.6. The van der Waals surface area contributed by atoms with E-state index >= 15 is 0 Å². The van der Waals surface area contributed by atoms with Crippen LogP contribution in [0.25, 0.3) is 0 Å². The number of nitrogens with zero attached hydrogens (tertiary/aromatic N) is 1. The molecule has 3 amide bonds. The van der Waals surface area contributed by atoms with E-state index in [2.05, 4.69) is 16.0 Å². The van der Waals surface area contributed by atoms with Gasteiger partial charge in [-0.3, -0.25) is 14.4 Å². The summed E-state index contributed by atoms with van der Waals surface area (Å²) >= 11 is 0. The van der Waals surface area contributed by atoms with Crippen LogP contribution in [0.4, 0.5) is 0 Å². The Morgan fingerprint density at radius 3 is 2.37 bits per heavy atom. The number of hydrogen-bond donors (Lipinski definition) is 3. The van der Waals surface area contributed by atoms with Gasteiger partial charge in [0.15, 0.2) is 0 Å². The van der Waals surface area contributed by atoms with Crippen LogP contribution in [-0.4, -0.2) is 68.1 Å². The second kappa shape index (κ2) is 14.3. The molecule has 0 spiro atoms. The number of ether oxygens (including phenoxy) is 2. The molecule has 4 rings (SSSR count). The highest BCUT2D eigenvalue weighted by Crippen LogP contribution is 2.41. The molecule has 2 aromatic carbocycles. The minimum atomic E-state index is -0.911. The zero-order valence-electron chi connectivity index (χ0n) is 24.5. The van der Waals surface area contributed by atoms with E-state index in [1.54, 1.807) is 19.1 Å². The number of rotatable bonds is 16. The van der Waals surface area contributed by atoms with E-state index in [1.807, 2.05) is 48.5 Å². The molecule has 0 bridgehead atoms. The zero-order chi connectivity index (χ0) is 29.2. The van der Waals surface area contributed by atoms with Gasteiger partial charge in [-0.1, -0.05) is 37.1 Å².